The fourth-order valence-electron chi connectivity index (χ4n) is 2.08. The van der Waals surface area contributed by atoms with E-state index >= 15 is 0 Å². The molecular formula is C12H20N4. The summed E-state index contributed by atoms with van der Waals surface area (Å²) in [5, 5.41) is 3.47. The van der Waals surface area contributed by atoms with E-state index < -0.39 is 0 Å². The number of piperazine rings is 1. The Balaban J connectivity index is 2.20. The highest BCUT2D eigenvalue weighted by atomic mass is 15.3. The Bertz CT molecular complexity index is 353. The lowest BCUT2D eigenvalue weighted by Crippen LogP contribution is -2.54. The van der Waals surface area contributed by atoms with Crippen LogP contribution in [0.4, 0.5) is 5.82 Å². The normalized spacial score (nSPS) is 25.8. The first-order valence-electron chi connectivity index (χ1n) is 6.01. The van der Waals surface area contributed by atoms with Crippen LogP contribution in [0.2, 0.25) is 0 Å². The van der Waals surface area contributed by atoms with Crippen LogP contribution in [0.5, 0.6) is 0 Å². The lowest BCUT2D eigenvalue weighted by molar-refractivity contribution is 0.422. The Morgan fingerprint density at radius 1 is 1.44 bits per heavy atom. The van der Waals surface area contributed by atoms with Gasteiger partial charge in [0.2, 0.25) is 0 Å². The van der Waals surface area contributed by atoms with Gasteiger partial charge in [-0.15, -0.1) is 0 Å². The van der Waals surface area contributed by atoms with Gasteiger partial charge in [-0.25, -0.2) is 9.97 Å². The van der Waals surface area contributed by atoms with Crippen LogP contribution in [0.3, 0.4) is 0 Å². The largest absolute Gasteiger partial charge is 0.351 e. The molecule has 0 bridgehead atoms. The number of nitrogens with one attached hydrogen (secondary N) is 1. The number of aryl methyl sites for hydroxylation is 1. The second kappa shape index (κ2) is 4.78. The summed E-state index contributed by atoms with van der Waals surface area (Å²) in [5.74, 6) is 1.06. The van der Waals surface area contributed by atoms with Gasteiger partial charge in [-0.3, -0.25) is 0 Å². The molecule has 16 heavy (non-hydrogen) atoms. The highest BCUT2D eigenvalue weighted by Gasteiger charge is 2.23. The zero-order valence-electron chi connectivity index (χ0n) is 10.3. The summed E-state index contributed by atoms with van der Waals surface area (Å²) < 4.78 is 0. The van der Waals surface area contributed by atoms with Crippen LogP contribution in [0.25, 0.3) is 0 Å². The van der Waals surface area contributed by atoms with Gasteiger partial charge < -0.3 is 10.2 Å². The quantitative estimate of drug-likeness (QED) is 0.814. The van der Waals surface area contributed by atoms with Gasteiger partial charge in [0.15, 0.2) is 0 Å². The van der Waals surface area contributed by atoms with E-state index in [1.165, 1.54) is 0 Å². The average molecular weight is 220 g/mol. The van der Waals surface area contributed by atoms with Crippen molar-refractivity contribution in [2.24, 2.45) is 0 Å². The molecule has 1 saturated heterocycles. The maximum atomic E-state index is 4.38. The molecule has 1 aromatic heterocycles. The highest BCUT2D eigenvalue weighted by molar-refractivity contribution is 5.41. The van der Waals surface area contributed by atoms with Crippen molar-refractivity contribution in [2.75, 3.05) is 18.0 Å². The van der Waals surface area contributed by atoms with Gasteiger partial charge in [0.25, 0.3) is 0 Å². The second-order valence-electron chi connectivity index (χ2n) is 4.53. The average Bonchev–Trinajstić information content (AvgIpc) is 2.32. The van der Waals surface area contributed by atoms with Crippen LogP contribution < -0.4 is 10.2 Å². The summed E-state index contributed by atoms with van der Waals surface area (Å²) >= 11 is 0. The number of hydrogen-bond donors (Lipinski definition) is 1. The van der Waals surface area contributed by atoms with E-state index in [2.05, 4.69) is 47.0 Å². The summed E-state index contributed by atoms with van der Waals surface area (Å²) in [6.07, 6.45) is 2.64. The summed E-state index contributed by atoms with van der Waals surface area (Å²) in [4.78, 5) is 11.0. The molecule has 1 aliphatic rings. The Labute approximate surface area is 97.1 Å². The van der Waals surface area contributed by atoms with E-state index in [1.54, 1.807) is 6.33 Å². The van der Waals surface area contributed by atoms with Crippen molar-refractivity contribution in [1.82, 2.24) is 15.3 Å². The fraction of sp³-hybridized carbons (Fsp3) is 0.667. The van der Waals surface area contributed by atoms with E-state index in [1.807, 2.05) is 0 Å². The number of hydrogen-bond acceptors (Lipinski definition) is 4. The van der Waals surface area contributed by atoms with Gasteiger partial charge in [0.1, 0.15) is 12.1 Å². The maximum absolute atomic E-state index is 4.38. The van der Waals surface area contributed by atoms with E-state index in [0.717, 1.165) is 31.0 Å². The van der Waals surface area contributed by atoms with Gasteiger partial charge in [-0.1, -0.05) is 6.92 Å². The third-order valence-corrected chi connectivity index (χ3v) is 3.13. The second-order valence-corrected chi connectivity index (χ2v) is 4.53. The van der Waals surface area contributed by atoms with Crippen molar-refractivity contribution in [3.63, 3.8) is 0 Å². The third-order valence-electron chi connectivity index (χ3n) is 3.13. The standard InChI is InChI=1S/C12H20N4/c1-4-11-5-12(15-8-14-11)16-7-9(2)13-6-10(16)3/h5,8-10,13H,4,6-7H2,1-3H3. The Kier molecular flexibility index (Phi) is 3.39. The van der Waals surface area contributed by atoms with Crippen molar-refractivity contribution in [1.29, 1.82) is 0 Å². The van der Waals surface area contributed by atoms with Crippen LogP contribution in [-0.4, -0.2) is 35.1 Å². The zero-order valence-corrected chi connectivity index (χ0v) is 10.3. The predicted octanol–water partition coefficient (Wildman–Crippen LogP) is 1.23. The van der Waals surface area contributed by atoms with Crippen LogP contribution >= 0.6 is 0 Å². The molecule has 0 spiro atoms. The van der Waals surface area contributed by atoms with Crippen LogP contribution in [0, 0.1) is 0 Å². The number of rotatable bonds is 2. The molecule has 1 N–H and O–H groups in total. The first-order chi connectivity index (χ1) is 7.70. The van der Waals surface area contributed by atoms with Gasteiger partial charge in [-0.05, 0) is 20.3 Å². The van der Waals surface area contributed by atoms with E-state index in [4.69, 9.17) is 0 Å². The molecule has 0 radical (unpaired) electrons. The topological polar surface area (TPSA) is 41.0 Å². The van der Waals surface area contributed by atoms with Gasteiger partial charge in [0.05, 0.1) is 0 Å². The van der Waals surface area contributed by atoms with Crippen LogP contribution in [0.1, 0.15) is 26.5 Å². The molecule has 1 fully saturated rings. The molecule has 0 amide bonds. The lowest BCUT2D eigenvalue weighted by Gasteiger charge is -2.38. The molecule has 88 valence electrons. The first-order valence-corrected chi connectivity index (χ1v) is 6.01. The van der Waals surface area contributed by atoms with Crippen molar-refractivity contribution in [3.05, 3.63) is 18.1 Å². The molecule has 2 atom stereocenters. The van der Waals surface area contributed by atoms with Crippen LogP contribution in [-0.2, 0) is 6.42 Å². The SMILES string of the molecule is CCc1cc(N2CC(C)NCC2C)ncn1. The summed E-state index contributed by atoms with van der Waals surface area (Å²) in [6.45, 7) is 8.59. The number of aromatic nitrogens is 2. The van der Waals surface area contributed by atoms with E-state index in [0.29, 0.717) is 12.1 Å². The molecule has 0 aliphatic carbocycles. The van der Waals surface area contributed by atoms with Crippen molar-refractivity contribution in [2.45, 2.75) is 39.3 Å². The zero-order chi connectivity index (χ0) is 11.5. The number of nitrogens with zero attached hydrogens (tertiary/aromatic N) is 3. The minimum atomic E-state index is 0.496. The first kappa shape index (κ1) is 11.3. The Morgan fingerprint density at radius 2 is 2.25 bits per heavy atom. The molecule has 1 aliphatic heterocycles. The molecule has 2 unspecified atom stereocenters. The van der Waals surface area contributed by atoms with Gasteiger partial charge >= 0.3 is 0 Å². The minimum Gasteiger partial charge on any atom is -0.351 e. The van der Waals surface area contributed by atoms with Gasteiger partial charge in [-0.2, -0.15) is 0 Å². The molecule has 4 heteroatoms. The minimum absolute atomic E-state index is 0.496. The molecule has 2 rings (SSSR count). The Hall–Kier alpha value is -1.16. The predicted molar refractivity (Wildman–Crippen MR) is 65.7 cm³/mol. The molecule has 4 nitrogen and oxygen atoms in total. The van der Waals surface area contributed by atoms with Crippen molar-refractivity contribution < 1.29 is 0 Å². The maximum Gasteiger partial charge on any atom is 0.132 e. The van der Waals surface area contributed by atoms with Crippen molar-refractivity contribution >= 4 is 5.82 Å². The molecule has 0 aromatic carbocycles. The van der Waals surface area contributed by atoms with E-state index in [9.17, 15) is 0 Å². The molecule has 2 heterocycles. The smallest absolute Gasteiger partial charge is 0.132 e. The number of anilines is 1. The summed E-state index contributed by atoms with van der Waals surface area (Å²) in [6, 6.07) is 3.13. The van der Waals surface area contributed by atoms with Gasteiger partial charge in [0, 0.05) is 36.9 Å². The van der Waals surface area contributed by atoms with Crippen molar-refractivity contribution in [3.8, 4) is 0 Å². The lowest BCUT2D eigenvalue weighted by atomic mass is 10.1. The summed E-state index contributed by atoms with van der Waals surface area (Å²) in [5.41, 5.74) is 1.11. The molecule has 1 aromatic rings. The van der Waals surface area contributed by atoms with E-state index in [-0.39, 0.29) is 0 Å². The van der Waals surface area contributed by atoms with Crippen LogP contribution in [0.15, 0.2) is 12.4 Å². The highest BCUT2D eigenvalue weighted by Crippen LogP contribution is 2.17. The Morgan fingerprint density at radius 3 is 3.00 bits per heavy atom. The fourth-order valence-corrected chi connectivity index (χ4v) is 2.08. The molecular weight excluding hydrogens is 200 g/mol. The monoisotopic (exact) mass is 220 g/mol. The molecule has 0 saturated carbocycles. The summed E-state index contributed by atoms with van der Waals surface area (Å²) in [7, 11) is 0. The third kappa shape index (κ3) is 2.32.